The zero-order valence-electron chi connectivity index (χ0n) is 9.73. The molecule has 2 heterocycles. The number of fused-ring (bicyclic) bond motifs is 3. The van der Waals surface area contributed by atoms with Gasteiger partial charge in [0.2, 0.25) is 0 Å². The number of aromatic nitrogens is 2. The van der Waals surface area contributed by atoms with Gasteiger partial charge in [-0.3, -0.25) is 0 Å². The monoisotopic (exact) mass is 262 g/mol. The van der Waals surface area contributed by atoms with Gasteiger partial charge in [0.25, 0.3) is 0 Å². The summed E-state index contributed by atoms with van der Waals surface area (Å²) >= 11 is 1.69. The average Bonchev–Trinajstić information content (AvgIpc) is 2.75. The standard InChI is InChI=1S/C12H13N3O2S/c16-9(17)5-13-11-10-7-3-1-2-4-8(7)18-12(10)15-6-14-11/h6H,1-5H2,(H,16,17)(H,13,14,15)/p-1. The summed E-state index contributed by atoms with van der Waals surface area (Å²) in [5.74, 6) is -0.519. The van der Waals surface area contributed by atoms with Crippen LogP contribution in [-0.4, -0.2) is 22.5 Å². The lowest BCUT2D eigenvalue weighted by atomic mass is 9.97. The molecule has 0 radical (unpaired) electrons. The van der Waals surface area contributed by atoms with E-state index in [2.05, 4.69) is 15.3 Å². The third kappa shape index (κ3) is 1.92. The van der Waals surface area contributed by atoms with E-state index in [4.69, 9.17) is 0 Å². The van der Waals surface area contributed by atoms with Crippen molar-refractivity contribution in [1.29, 1.82) is 0 Å². The van der Waals surface area contributed by atoms with Crippen LogP contribution >= 0.6 is 11.3 Å². The van der Waals surface area contributed by atoms with Crippen LogP contribution in [0.2, 0.25) is 0 Å². The van der Waals surface area contributed by atoms with Crippen LogP contribution in [0.4, 0.5) is 5.82 Å². The lowest BCUT2D eigenvalue weighted by Gasteiger charge is -2.12. The minimum Gasteiger partial charge on any atom is -0.548 e. The van der Waals surface area contributed by atoms with E-state index >= 15 is 0 Å². The van der Waals surface area contributed by atoms with Gasteiger partial charge in [0.1, 0.15) is 17.0 Å². The molecule has 0 saturated heterocycles. The topological polar surface area (TPSA) is 77.9 Å². The van der Waals surface area contributed by atoms with Crippen LogP contribution in [-0.2, 0) is 17.6 Å². The maximum absolute atomic E-state index is 10.5. The smallest absolute Gasteiger partial charge is 0.138 e. The fourth-order valence-corrected chi connectivity index (χ4v) is 3.61. The SMILES string of the molecule is O=C([O-])CNc1ncnc2sc3c(c12)CCCC3. The molecule has 0 aliphatic heterocycles. The summed E-state index contributed by atoms with van der Waals surface area (Å²) in [6.07, 6.45) is 5.99. The number of nitrogens with zero attached hydrogens (tertiary/aromatic N) is 2. The van der Waals surface area contributed by atoms with Crippen molar-refractivity contribution in [3.8, 4) is 0 Å². The Morgan fingerprint density at radius 3 is 3.06 bits per heavy atom. The van der Waals surface area contributed by atoms with Gasteiger partial charge in [-0.25, -0.2) is 9.97 Å². The summed E-state index contributed by atoms with van der Waals surface area (Å²) < 4.78 is 0. The number of rotatable bonds is 3. The summed E-state index contributed by atoms with van der Waals surface area (Å²) in [6, 6.07) is 0. The Balaban J connectivity index is 2.08. The summed E-state index contributed by atoms with van der Waals surface area (Å²) in [5.41, 5.74) is 1.29. The van der Waals surface area contributed by atoms with E-state index < -0.39 is 5.97 Å². The van der Waals surface area contributed by atoms with Gasteiger partial charge in [0.05, 0.1) is 17.9 Å². The molecule has 94 valence electrons. The maximum atomic E-state index is 10.5. The zero-order chi connectivity index (χ0) is 12.5. The molecule has 0 atom stereocenters. The van der Waals surface area contributed by atoms with E-state index in [0.29, 0.717) is 5.82 Å². The Bertz CT molecular complexity index is 609. The van der Waals surface area contributed by atoms with Crippen LogP contribution in [0.1, 0.15) is 23.3 Å². The van der Waals surface area contributed by atoms with E-state index in [9.17, 15) is 9.90 Å². The van der Waals surface area contributed by atoms with Gasteiger partial charge in [-0.2, -0.15) is 0 Å². The number of aliphatic carboxylic acids is 1. The highest BCUT2D eigenvalue weighted by molar-refractivity contribution is 7.19. The molecule has 0 aromatic carbocycles. The first-order valence-corrected chi connectivity index (χ1v) is 6.76. The number of carboxylic acid groups (broad SMARTS) is 1. The number of carboxylic acids is 1. The largest absolute Gasteiger partial charge is 0.548 e. The maximum Gasteiger partial charge on any atom is 0.138 e. The van der Waals surface area contributed by atoms with Gasteiger partial charge in [-0.15, -0.1) is 11.3 Å². The van der Waals surface area contributed by atoms with Gasteiger partial charge in [0.15, 0.2) is 0 Å². The lowest BCUT2D eigenvalue weighted by molar-refractivity contribution is -0.302. The number of hydrogen-bond donors (Lipinski definition) is 1. The minimum absolute atomic E-state index is 0.225. The number of anilines is 1. The van der Waals surface area contributed by atoms with E-state index in [1.165, 1.54) is 29.6 Å². The Morgan fingerprint density at radius 1 is 1.39 bits per heavy atom. The third-order valence-electron chi connectivity index (χ3n) is 3.15. The summed E-state index contributed by atoms with van der Waals surface area (Å²) in [4.78, 5) is 21.3. The van der Waals surface area contributed by atoms with E-state index in [-0.39, 0.29) is 6.54 Å². The summed E-state index contributed by atoms with van der Waals surface area (Å²) in [7, 11) is 0. The van der Waals surface area contributed by atoms with Crippen molar-refractivity contribution in [3.63, 3.8) is 0 Å². The predicted octanol–water partition coefficient (Wildman–Crippen LogP) is 0.732. The molecule has 3 rings (SSSR count). The second-order valence-electron chi connectivity index (χ2n) is 4.34. The minimum atomic E-state index is -1.13. The number of hydrogen-bond acceptors (Lipinski definition) is 6. The van der Waals surface area contributed by atoms with Crippen molar-refractivity contribution in [3.05, 3.63) is 16.8 Å². The first-order chi connectivity index (χ1) is 8.75. The van der Waals surface area contributed by atoms with Crippen molar-refractivity contribution in [1.82, 2.24) is 9.97 Å². The number of carbonyl (C=O) groups excluding carboxylic acids is 1. The molecular formula is C12H12N3O2S-. The molecule has 1 N–H and O–H groups in total. The normalized spacial score (nSPS) is 14.4. The van der Waals surface area contributed by atoms with Crippen molar-refractivity contribution < 1.29 is 9.90 Å². The summed E-state index contributed by atoms with van der Waals surface area (Å²) in [6.45, 7) is -0.225. The van der Waals surface area contributed by atoms with E-state index in [1.807, 2.05) is 0 Å². The number of thiophene rings is 1. The third-order valence-corrected chi connectivity index (χ3v) is 4.35. The van der Waals surface area contributed by atoms with Crippen LogP contribution in [0.25, 0.3) is 10.2 Å². The van der Waals surface area contributed by atoms with Crippen LogP contribution in [0.3, 0.4) is 0 Å². The van der Waals surface area contributed by atoms with Crippen LogP contribution < -0.4 is 10.4 Å². The molecule has 0 bridgehead atoms. The molecule has 2 aromatic rings. The lowest BCUT2D eigenvalue weighted by Crippen LogP contribution is -2.30. The molecule has 2 aromatic heterocycles. The first-order valence-electron chi connectivity index (χ1n) is 5.94. The van der Waals surface area contributed by atoms with Crippen molar-refractivity contribution >= 4 is 33.3 Å². The van der Waals surface area contributed by atoms with Gasteiger partial charge >= 0.3 is 0 Å². The highest BCUT2D eigenvalue weighted by atomic mass is 32.1. The number of nitrogens with one attached hydrogen (secondary N) is 1. The van der Waals surface area contributed by atoms with E-state index in [1.54, 1.807) is 11.3 Å². The first kappa shape index (κ1) is 11.4. The molecule has 0 unspecified atom stereocenters. The van der Waals surface area contributed by atoms with Crippen LogP contribution in [0.5, 0.6) is 0 Å². The second kappa shape index (κ2) is 4.53. The Labute approximate surface area is 108 Å². The van der Waals surface area contributed by atoms with Gasteiger partial charge in [0, 0.05) is 4.88 Å². The van der Waals surface area contributed by atoms with Crippen molar-refractivity contribution in [2.75, 3.05) is 11.9 Å². The summed E-state index contributed by atoms with van der Waals surface area (Å²) in [5, 5.41) is 14.3. The fraction of sp³-hybridized carbons (Fsp3) is 0.417. The molecule has 18 heavy (non-hydrogen) atoms. The van der Waals surface area contributed by atoms with E-state index in [0.717, 1.165) is 23.1 Å². The quantitative estimate of drug-likeness (QED) is 0.882. The molecule has 1 aliphatic carbocycles. The molecule has 1 aliphatic rings. The Morgan fingerprint density at radius 2 is 2.22 bits per heavy atom. The average molecular weight is 262 g/mol. The van der Waals surface area contributed by atoms with Crippen molar-refractivity contribution in [2.45, 2.75) is 25.7 Å². The molecule has 0 saturated carbocycles. The van der Waals surface area contributed by atoms with Crippen LogP contribution in [0.15, 0.2) is 6.33 Å². The number of aryl methyl sites for hydroxylation is 2. The molecule has 0 amide bonds. The van der Waals surface area contributed by atoms with Crippen LogP contribution in [0, 0.1) is 0 Å². The molecule has 6 heteroatoms. The number of carbonyl (C=O) groups is 1. The highest BCUT2D eigenvalue weighted by Gasteiger charge is 2.19. The fourth-order valence-electron chi connectivity index (χ4n) is 2.38. The molecular weight excluding hydrogens is 250 g/mol. The molecule has 0 fully saturated rings. The molecule has 0 spiro atoms. The van der Waals surface area contributed by atoms with Gasteiger partial charge in [-0.05, 0) is 31.2 Å². The van der Waals surface area contributed by atoms with Gasteiger partial charge < -0.3 is 15.2 Å². The van der Waals surface area contributed by atoms with Crippen molar-refractivity contribution in [2.24, 2.45) is 0 Å². The Hall–Kier alpha value is -1.69. The zero-order valence-corrected chi connectivity index (χ0v) is 10.5. The Kier molecular flexibility index (Phi) is 2.87. The molecule has 5 nitrogen and oxygen atoms in total. The van der Waals surface area contributed by atoms with Gasteiger partial charge in [-0.1, -0.05) is 0 Å². The highest BCUT2D eigenvalue weighted by Crippen LogP contribution is 2.37. The second-order valence-corrected chi connectivity index (χ2v) is 5.42. The predicted molar refractivity (Wildman–Crippen MR) is 67.6 cm³/mol.